The Morgan fingerprint density at radius 2 is 2.29 bits per heavy atom. The van der Waals surface area contributed by atoms with Gasteiger partial charge in [-0.1, -0.05) is 18.7 Å². The van der Waals surface area contributed by atoms with Gasteiger partial charge in [-0.05, 0) is 23.8 Å². The van der Waals surface area contributed by atoms with Crippen molar-refractivity contribution in [3.63, 3.8) is 0 Å². The molecule has 1 aromatic carbocycles. The molecule has 1 rings (SSSR count). The zero-order chi connectivity index (χ0) is 12.7. The summed E-state index contributed by atoms with van der Waals surface area (Å²) in [5.41, 5.74) is 0.932. The number of hydrogen-bond acceptors (Lipinski definition) is 3. The summed E-state index contributed by atoms with van der Waals surface area (Å²) in [6.45, 7) is 3.82. The summed E-state index contributed by atoms with van der Waals surface area (Å²) >= 11 is 0. The average Bonchev–Trinajstić information content (AvgIpc) is 2.38. The minimum absolute atomic E-state index is 0.208. The number of rotatable bonds is 6. The summed E-state index contributed by atoms with van der Waals surface area (Å²) in [5.74, 6) is 0.520. The molecule has 0 aliphatic heterocycles. The second-order valence-electron chi connectivity index (χ2n) is 3.50. The van der Waals surface area contributed by atoms with Crippen LogP contribution >= 0.6 is 0 Å². The second kappa shape index (κ2) is 6.70. The van der Waals surface area contributed by atoms with Crippen molar-refractivity contribution in [1.82, 2.24) is 5.32 Å². The maximum atomic E-state index is 11.3. The normalized spacial score (nSPS) is 11.6. The van der Waals surface area contributed by atoms with Gasteiger partial charge in [0.05, 0.1) is 19.8 Å². The van der Waals surface area contributed by atoms with E-state index in [1.54, 1.807) is 14.2 Å². The molecule has 0 fully saturated rings. The fraction of sp³-hybridized carbons (Fsp3) is 0.308. The summed E-state index contributed by atoms with van der Waals surface area (Å²) in [7, 11) is 3.19. The Bertz CT molecular complexity index is 390. The van der Waals surface area contributed by atoms with Gasteiger partial charge in [-0.3, -0.25) is 4.79 Å². The van der Waals surface area contributed by atoms with E-state index in [0.717, 1.165) is 11.3 Å². The van der Waals surface area contributed by atoms with Crippen LogP contribution in [-0.2, 0) is 9.53 Å². The van der Waals surface area contributed by atoms with E-state index < -0.39 is 0 Å². The van der Waals surface area contributed by atoms with Crippen LogP contribution in [0.1, 0.15) is 11.6 Å². The van der Waals surface area contributed by atoms with Gasteiger partial charge in [-0.25, -0.2) is 0 Å². The zero-order valence-electron chi connectivity index (χ0n) is 10.1. The van der Waals surface area contributed by atoms with Gasteiger partial charge in [0.2, 0.25) is 5.91 Å². The molecule has 1 unspecified atom stereocenters. The molecule has 1 aromatic rings. The Morgan fingerprint density at radius 3 is 2.88 bits per heavy atom. The summed E-state index contributed by atoms with van der Waals surface area (Å²) in [6, 6.07) is 7.29. The molecule has 1 N–H and O–H groups in total. The van der Waals surface area contributed by atoms with Gasteiger partial charge < -0.3 is 14.8 Å². The molecule has 4 nitrogen and oxygen atoms in total. The van der Waals surface area contributed by atoms with E-state index in [2.05, 4.69) is 11.9 Å². The van der Waals surface area contributed by atoms with E-state index in [1.807, 2.05) is 24.3 Å². The van der Waals surface area contributed by atoms with Crippen LogP contribution in [0.4, 0.5) is 0 Å². The smallest absolute Gasteiger partial charge is 0.243 e. The maximum absolute atomic E-state index is 11.3. The Kier molecular flexibility index (Phi) is 5.23. The minimum Gasteiger partial charge on any atom is -0.497 e. The maximum Gasteiger partial charge on any atom is 0.243 e. The fourth-order valence-electron chi connectivity index (χ4n) is 1.48. The highest BCUT2D eigenvalue weighted by Gasteiger charge is 2.13. The molecule has 4 heteroatoms. The van der Waals surface area contributed by atoms with Crippen molar-refractivity contribution in [2.45, 2.75) is 6.04 Å². The number of ether oxygens (including phenoxy) is 2. The Hall–Kier alpha value is -1.81. The van der Waals surface area contributed by atoms with Gasteiger partial charge in [0.25, 0.3) is 0 Å². The second-order valence-corrected chi connectivity index (χ2v) is 3.50. The highest BCUT2D eigenvalue weighted by molar-refractivity contribution is 5.87. The molecule has 0 aliphatic carbocycles. The lowest BCUT2D eigenvalue weighted by atomic mass is 10.1. The molecule has 0 aromatic heterocycles. The third kappa shape index (κ3) is 3.92. The van der Waals surface area contributed by atoms with Crippen LogP contribution in [0, 0.1) is 0 Å². The first-order valence-electron chi connectivity index (χ1n) is 5.27. The third-order valence-electron chi connectivity index (χ3n) is 2.33. The number of nitrogens with one attached hydrogen (secondary N) is 1. The molecule has 17 heavy (non-hydrogen) atoms. The monoisotopic (exact) mass is 235 g/mol. The molecule has 92 valence electrons. The minimum atomic E-state index is -0.227. The highest BCUT2D eigenvalue weighted by Crippen LogP contribution is 2.19. The van der Waals surface area contributed by atoms with Gasteiger partial charge >= 0.3 is 0 Å². The lowest BCUT2D eigenvalue weighted by Crippen LogP contribution is -2.29. The summed E-state index contributed by atoms with van der Waals surface area (Å²) in [6.07, 6.45) is 1.24. The molecule has 0 bridgehead atoms. The molecule has 0 heterocycles. The Balaban J connectivity index is 2.87. The number of carbonyl (C=O) groups excluding carboxylic acids is 1. The van der Waals surface area contributed by atoms with Gasteiger partial charge in [0.1, 0.15) is 5.75 Å². The molecule has 0 saturated carbocycles. The van der Waals surface area contributed by atoms with E-state index in [0.29, 0.717) is 6.61 Å². The molecule has 0 radical (unpaired) electrons. The molecular formula is C13H17NO3. The van der Waals surface area contributed by atoms with E-state index in [4.69, 9.17) is 9.47 Å². The fourth-order valence-corrected chi connectivity index (χ4v) is 1.48. The number of methoxy groups -OCH3 is 2. The van der Waals surface area contributed by atoms with Crippen LogP contribution in [0.3, 0.4) is 0 Å². The topological polar surface area (TPSA) is 47.6 Å². The lowest BCUT2D eigenvalue weighted by Gasteiger charge is -2.18. The van der Waals surface area contributed by atoms with Crippen molar-refractivity contribution in [1.29, 1.82) is 0 Å². The van der Waals surface area contributed by atoms with Crippen molar-refractivity contribution in [2.75, 3.05) is 20.8 Å². The highest BCUT2D eigenvalue weighted by atomic mass is 16.5. The van der Waals surface area contributed by atoms with Crippen LogP contribution < -0.4 is 10.1 Å². The SMILES string of the molecule is C=CC(=O)NC(COC)c1cccc(OC)c1. The van der Waals surface area contributed by atoms with Crippen molar-refractivity contribution in [2.24, 2.45) is 0 Å². The molecule has 0 saturated heterocycles. The first kappa shape index (κ1) is 13.3. The summed E-state index contributed by atoms with van der Waals surface area (Å²) in [5, 5.41) is 2.80. The van der Waals surface area contributed by atoms with Crippen LogP contribution in [0.15, 0.2) is 36.9 Å². The van der Waals surface area contributed by atoms with Crippen molar-refractivity contribution in [3.8, 4) is 5.75 Å². The van der Waals surface area contributed by atoms with Crippen LogP contribution in [0.25, 0.3) is 0 Å². The van der Waals surface area contributed by atoms with E-state index in [9.17, 15) is 4.79 Å². The van der Waals surface area contributed by atoms with E-state index in [-0.39, 0.29) is 11.9 Å². The van der Waals surface area contributed by atoms with Gasteiger partial charge in [-0.2, -0.15) is 0 Å². The Labute approximate surface area is 101 Å². The molecule has 1 amide bonds. The zero-order valence-corrected chi connectivity index (χ0v) is 10.1. The third-order valence-corrected chi connectivity index (χ3v) is 2.33. The first-order valence-corrected chi connectivity index (χ1v) is 5.27. The number of amides is 1. The molecule has 0 spiro atoms. The molecule has 1 atom stereocenters. The van der Waals surface area contributed by atoms with Gasteiger partial charge in [0, 0.05) is 7.11 Å². The van der Waals surface area contributed by atoms with E-state index in [1.165, 1.54) is 6.08 Å². The lowest BCUT2D eigenvalue weighted by molar-refractivity contribution is -0.117. The Morgan fingerprint density at radius 1 is 1.53 bits per heavy atom. The standard InChI is InChI=1S/C13H17NO3/c1-4-13(15)14-12(9-16-2)10-6-5-7-11(8-10)17-3/h4-8,12H,1,9H2,2-3H3,(H,14,15). The predicted octanol–water partition coefficient (Wildman–Crippen LogP) is 1.68. The van der Waals surface area contributed by atoms with Crippen LogP contribution in [0.5, 0.6) is 5.75 Å². The van der Waals surface area contributed by atoms with Crippen LogP contribution in [-0.4, -0.2) is 26.7 Å². The largest absolute Gasteiger partial charge is 0.497 e. The number of carbonyl (C=O) groups is 1. The molecule has 0 aliphatic rings. The van der Waals surface area contributed by atoms with Gasteiger partial charge in [0.15, 0.2) is 0 Å². The average molecular weight is 235 g/mol. The first-order chi connectivity index (χ1) is 8.21. The summed E-state index contributed by atoms with van der Waals surface area (Å²) < 4.78 is 10.2. The summed E-state index contributed by atoms with van der Waals surface area (Å²) in [4.78, 5) is 11.3. The van der Waals surface area contributed by atoms with Crippen molar-refractivity contribution < 1.29 is 14.3 Å². The quantitative estimate of drug-likeness (QED) is 0.763. The van der Waals surface area contributed by atoms with Crippen LogP contribution in [0.2, 0.25) is 0 Å². The molecular weight excluding hydrogens is 218 g/mol. The number of benzene rings is 1. The van der Waals surface area contributed by atoms with Crippen molar-refractivity contribution >= 4 is 5.91 Å². The van der Waals surface area contributed by atoms with E-state index >= 15 is 0 Å². The van der Waals surface area contributed by atoms with Gasteiger partial charge in [-0.15, -0.1) is 0 Å². The van der Waals surface area contributed by atoms with Crippen molar-refractivity contribution in [3.05, 3.63) is 42.5 Å². The number of hydrogen-bond donors (Lipinski definition) is 1. The predicted molar refractivity (Wildman–Crippen MR) is 66.0 cm³/mol.